The SMILES string of the molecule is CC1(C)c2ccccc2-c2ccc(-c3c4ccccc4c(-c4c5ccccc5c(-c5c6ccccc6c(-c6c7ccccc7c(-c7cc8ccccc8cc7-c7ccccc7)c7ccccc67)c6ccccc56)c5ccccc45)c4ccccc34)cc21. The van der Waals surface area contributed by atoms with Gasteiger partial charge in [-0.3, -0.25) is 0 Å². The summed E-state index contributed by atoms with van der Waals surface area (Å²) in [4.78, 5) is 0. The second-order valence-corrected chi connectivity index (χ2v) is 24.4. The number of fused-ring (bicyclic) bond motifs is 12. The maximum atomic E-state index is 2.50. The highest BCUT2D eigenvalue weighted by molar-refractivity contribution is 6.35. The van der Waals surface area contributed by atoms with Crippen LogP contribution in [0.5, 0.6) is 0 Å². The number of hydrogen-bond donors (Lipinski definition) is 0. The lowest BCUT2D eigenvalue weighted by molar-refractivity contribution is 0.660. The minimum Gasteiger partial charge on any atom is -0.0622 e. The first-order valence-corrected chi connectivity index (χ1v) is 30.6. The van der Waals surface area contributed by atoms with Crippen LogP contribution >= 0.6 is 0 Å². The molecule has 0 atom stereocenters. The second-order valence-electron chi connectivity index (χ2n) is 24.4. The Morgan fingerprint density at radius 3 is 0.816 bits per heavy atom. The third-order valence-electron chi connectivity index (χ3n) is 19.6. The smallest absolute Gasteiger partial charge is 0.0159 e. The van der Waals surface area contributed by atoms with Gasteiger partial charge in [-0.1, -0.05) is 299 Å². The molecular weight excluding hydrogens is 1040 g/mol. The lowest BCUT2D eigenvalue weighted by Crippen LogP contribution is -2.14. The van der Waals surface area contributed by atoms with Crippen molar-refractivity contribution in [3.05, 3.63) is 314 Å². The van der Waals surface area contributed by atoms with Crippen LogP contribution in [0.25, 0.3) is 175 Å². The van der Waals surface area contributed by atoms with E-state index in [4.69, 9.17) is 0 Å². The molecular formula is C87H56. The molecule has 0 bridgehead atoms. The molecule has 1 aliphatic carbocycles. The molecule has 0 radical (unpaired) electrons. The van der Waals surface area contributed by atoms with Gasteiger partial charge in [-0.05, 0) is 204 Å². The van der Waals surface area contributed by atoms with E-state index in [2.05, 4.69) is 317 Å². The molecule has 0 aliphatic heterocycles. The second kappa shape index (κ2) is 19.0. The van der Waals surface area contributed by atoms with Crippen LogP contribution in [0.15, 0.2) is 303 Å². The van der Waals surface area contributed by atoms with Crippen LogP contribution < -0.4 is 0 Å². The van der Waals surface area contributed by atoms with Crippen molar-refractivity contribution < 1.29 is 0 Å². The zero-order valence-corrected chi connectivity index (χ0v) is 48.4. The van der Waals surface area contributed by atoms with Gasteiger partial charge in [0.1, 0.15) is 0 Å². The summed E-state index contributed by atoms with van der Waals surface area (Å²) >= 11 is 0. The molecule has 0 aromatic heterocycles. The maximum absolute atomic E-state index is 2.50. The van der Waals surface area contributed by atoms with Crippen molar-refractivity contribution in [2.75, 3.05) is 0 Å². The van der Waals surface area contributed by atoms with Crippen molar-refractivity contribution in [2.24, 2.45) is 0 Å². The highest BCUT2D eigenvalue weighted by atomic mass is 14.4. The lowest BCUT2D eigenvalue weighted by Gasteiger charge is -2.25. The summed E-state index contributed by atoms with van der Waals surface area (Å²) < 4.78 is 0. The van der Waals surface area contributed by atoms with Crippen LogP contribution in [0.3, 0.4) is 0 Å². The van der Waals surface area contributed by atoms with Crippen molar-refractivity contribution in [3.63, 3.8) is 0 Å². The quantitative estimate of drug-likeness (QED) is 0.146. The van der Waals surface area contributed by atoms with Crippen LogP contribution in [0.1, 0.15) is 25.0 Å². The fraction of sp³-hybridized carbons (Fsp3) is 0.0345. The molecule has 87 heavy (non-hydrogen) atoms. The van der Waals surface area contributed by atoms with E-state index in [9.17, 15) is 0 Å². The molecule has 0 nitrogen and oxygen atoms in total. The Morgan fingerprint density at radius 2 is 0.448 bits per heavy atom. The first-order valence-electron chi connectivity index (χ1n) is 30.6. The van der Waals surface area contributed by atoms with Crippen molar-refractivity contribution >= 4 is 97.0 Å². The van der Waals surface area contributed by atoms with Gasteiger partial charge in [0.05, 0.1) is 0 Å². The van der Waals surface area contributed by atoms with E-state index in [0.29, 0.717) is 0 Å². The van der Waals surface area contributed by atoms with E-state index in [0.717, 1.165) is 0 Å². The summed E-state index contributed by atoms with van der Waals surface area (Å²) in [7, 11) is 0. The number of hydrogen-bond acceptors (Lipinski definition) is 0. The Balaban J connectivity index is 0.908. The van der Waals surface area contributed by atoms with Crippen molar-refractivity contribution in [1.29, 1.82) is 0 Å². The number of rotatable bonds is 6. The zero-order valence-electron chi connectivity index (χ0n) is 48.4. The molecule has 1 aliphatic rings. The molecule has 0 N–H and O–H groups in total. The summed E-state index contributed by atoms with van der Waals surface area (Å²) in [5.41, 5.74) is 20.3. The van der Waals surface area contributed by atoms with Gasteiger partial charge in [0.15, 0.2) is 0 Å². The standard InChI is InChI=1S/C87H56/c1-87(2)77-47-25-24-30-57(77)58-49-48-56(52-78(58)87)79-59-31-8-12-35-63(59)81(64-36-13-9-32-60(64)79)83-67-39-16-20-43-71(67)85(72-44-21-17-40-68(72)83)86-73-45-22-18-41-69(73)84(70-42-19-23-46-74(70)86)82-65-37-14-10-33-61(65)80(62-34-11-15-38-66(62)82)76-51-55-29-7-6-28-54(55)50-75(76)53-26-4-3-5-27-53/h3-52H,1-2H3. The summed E-state index contributed by atoms with van der Waals surface area (Å²) in [6, 6.07) is 115. The summed E-state index contributed by atoms with van der Waals surface area (Å²) in [6.07, 6.45) is 0. The van der Waals surface area contributed by atoms with Gasteiger partial charge >= 0.3 is 0 Å². The normalized spacial score (nSPS) is 12.8. The Morgan fingerprint density at radius 1 is 0.172 bits per heavy atom. The molecule has 17 aromatic rings. The Bertz CT molecular complexity index is 5550. The molecule has 0 saturated heterocycles. The van der Waals surface area contributed by atoms with Gasteiger partial charge in [0.2, 0.25) is 0 Å². The average Bonchev–Trinajstić information content (AvgIpc) is 3.21. The summed E-state index contributed by atoms with van der Waals surface area (Å²) in [5.74, 6) is 0. The van der Waals surface area contributed by atoms with Gasteiger partial charge in [0, 0.05) is 5.41 Å². The van der Waals surface area contributed by atoms with Crippen LogP contribution in [0.2, 0.25) is 0 Å². The molecule has 18 rings (SSSR count). The van der Waals surface area contributed by atoms with E-state index in [-0.39, 0.29) is 5.41 Å². The van der Waals surface area contributed by atoms with Crippen molar-refractivity contribution in [2.45, 2.75) is 19.3 Å². The Labute approximate surface area is 505 Å². The predicted octanol–water partition coefficient (Wildman–Crippen LogP) is 24.4. The molecule has 0 saturated carbocycles. The highest BCUT2D eigenvalue weighted by Gasteiger charge is 2.36. The molecule has 0 fully saturated rings. The minimum atomic E-state index is -0.120. The maximum Gasteiger partial charge on any atom is 0.0159 e. The molecule has 0 unspecified atom stereocenters. The molecule has 17 aromatic carbocycles. The van der Waals surface area contributed by atoms with E-state index in [1.54, 1.807) is 0 Å². The highest BCUT2D eigenvalue weighted by Crippen LogP contribution is 2.57. The topological polar surface area (TPSA) is 0 Å². The first kappa shape index (κ1) is 49.5. The third kappa shape index (κ3) is 7.19. The van der Waals surface area contributed by atoms with E-state index < -0.39 is 0 Å². The Kier molecular flexibility index (Phi) is 10.8. The molecule has 0 spiro atoms. The fourth-order valence-electron chi connectivity index (χ4n) is 15.9. The van der Waals surface area contributed by atoms with Crippen LogP contribution in [0.4, 0.5) is 0 Å². The van der Waals surface area contributed by atoms with E-state index in [1.165, 1.54) is 186 Å². The van der Waals surface area contributed by atoms with Gasteiger partial charge in [-0.15, -0.1) is 0 Å². The van der Waals surface area contributed by atoms with E-state index >= 15 is 0 Å². The number of benzene rings is 17. The van der Waals surface area contributed by atoms with Gasteiger partial charge in [0.25, 0.3) is 0 Å². The van der Waals surface area contributed by atoms with Crippen molar-refractivity contribution in [1.82, 2.24) is 0 Å². The molecule has 0 heterocycles. The summed E-state index contributed by atoms with van der Waals surface area (Å²) in [5, 5.41) is 22.3. The average molecular weight is 1100 g/mol. The first-order chi connectivity index (χ1) is 43.0. The molecule has 0 heteroatoms. The van der Waals surface area contributed by atoms with Gasteiger partial charge in [-0.25, -0.2) is 0 Å². The predicted molar refractivity (Wildman–Crippen MR) is 374 cm³/mol. The summed E-state index contributed by atoms with van der Waals surface area (Å²) in [6.45, 7) is 4.77. The van der Waals surface area contributed by atoms with Crippen LogP contribution in [-0.2, 0) is 5.41 Å². The van der Waals surface area contributed by atoms with Crippen LogP contribution in [-0.4, -0.2) is 0 Å². The monoisotopic (exact) mass is 1100 g/mol. The Hall–Kier alpha value is -10.9. The zero-order chi connectivity index (χ0) is 57.5. The van der Waals surface area contributed by atoms with Crippen LogP contribution in [0, 0.1) is 0 Å². The van der Waals surface area contributed by atoms with Crippen molar-refractivity contribution in [3.8, 4) is 77.9 Å². The minimum absolute atomic E-state index is 0.120. The third-order valence-corrected chi connectivity index (χ3v) is 19.6. The lowest BCUT2D eigenvalue weighted by atomic mass is 9.77. The van der Waals surface area contributed by atoms with E-state index in [1.807, 2.05) is 0 Å². The molecule has 0 amide bonds. The largest absolute Gasteiger partial charge is 0.0622 e. The van der Waals surface area contributed by atoms with Gasteiger partial charge in [-0.2, -0.15) is 0 Å². The van der Waals surface area contributed by atoms with Gasteiger partial charge < -0.3 is 0 Å². The fourth-order valence-corrected chi connectivity index (χ4v) is 15.9. The molecule has 404 valence electrons.